The summed E-state index contributed by atoms with van der Waals surface area (Å²) in [6, 6.07) is 9.17. The third kappa shape index (κ3) is 3.58. The van der Waals surface area contributed by atoms with E-state index in [9.17, 15) is 4.39 Å². The number of nitrogens with two attached hydrogens (primary N) is 1. The Hall–Kier alpha value is -4.11. The highest BCUT2D eigenvalue weighted by Crippen LogP contribution is 2.34. The first-order chi connectivity index (χ1) is 15.5. The molecule has 0 aliphatic rings. The van der Waals surface area contributed by atoms with Crippen molar-refractivity contribution in [2.24, 2.45) is 10.7 Å². The summed E-state index contributed by atoms with van der Waals surface area (Å²) >= 11 is 1.06. The fourth-order valence-corrected chi connectivity index (χ4v) is 4.19. The minimum absolute atomic E-state index is 0.248. The number of nitrogens with one attached hydrogen (secondary N) is 2. The molecule has 0 saturated carbocycles. The Labute approximate surface area is 186 Å². The lowest BCUT2D eigenvalue weighted by molar-refractivity contribution is 0.657. The molecule has 5 rings (SSSR count). The van der Waals surface area contributed by atoms with Gasteiger partial charge in [-0.15, -0.1) is 11.3 Å². The van der Waals surface area contributed by atoms with Crippen LogP contribution in [0.15, 0.2) is 66.2 Å². The number of hydrogen-bond acceptors (Lipinski definition) is 6. The van der Waals surface area contributed by atoms with Crippen molar-refractivity contribution in [3.63, 3.8) is 0 Å². The Kier molecular flexibility index (Phi) is 4.87. The standard InChI is InChI=1S/C23H18FN7S/c1-12(8-26-9-13(2)25)14-3-4-17-15(7-14)22(31-30-17)23-28-18-11-27-10-16(21(18)29-23)19-5-6-20(24)32-19/h3-11H,2,25H2,1H3,(H,28,29)(H,30,31)/b12-8+,26-9-. The van der Waals surface area contributed by atoms with Crippen LogP contribution < -0.4 is 5.73 Å². The second-order valence-corrected chi connectivity index (χ2v) is 8.30. The van der Waals surface area contributed by atoms with Gasteiger partial charge in [0.05, 0.1) is 17.2 Å². The van der Waals surface area contributed by atoms with Crippen LogP contribution in [0.25, 0.3) is 49.5 Å². The maximum absolute atomic E-state index is 13.6. The molecule has 0 aliphatic carbocycles. The molecular formula is C23H18FN7S. The van der Waals surface area contributed by atoms with Gasteiger partial charge in [-0.25, -0.2) is 4.98 Å². The summed E-state index contributed by atoms with van der Waals surface area (Å²) in [5.74, 6) is 0.605. The number of rotatable bonds is 5. The molecule has 0 bridgehead atoms. The molecule has 32 heavy (non-hydrogen) atoms. The van der Waals surface area contributed by atoms with Gasteiger partial charge < -0.3 is 10.7 Å². The molecule has 0 unspecified atom stereocenters. The van der Waals surface area contributed by atoms with Gasteiger partial charge in [-0.1, -0.05) is 12.6 Å². The molecule has 0 amide bonds. The molecule has 0 aliphatic heterocycles. The van der Waals surface area contributed by atoms with E-state index in [1.165, 1.54) is 12.3 Å². The largest absolute Gasteiger partial charge is 0.398 e. The number of allylic oxidation sites excluding steroid dienone is 2. The van der Waals surface area contributed by atoms with E-state index in [1.807, 2.05) is 25.1 Å². The van der Waals surface area contributed by atoms with Gasteiger partial charge >= 0.3 is 0 Å². The van der Waals surface area contributed by atoms with Crippen molar-refractivity contribution in [2.45, 2.75) is 6.92 Å². The second-order valence-electron chi connectivity index (χ2n) is 7.27. The summed E-state index contributed by atoms with van der Waals surface area (Å²) in [6.07, 6.45) is 6.64. The molecule has 4 N–H and O–H groups in total. The van der Waals surface area contributed by atoms with Crippen molar-refractivity contribution < 1.29 is 4.39 Å². The molecule has 0 saturated heterocycles. The van der Waals surface area contributed by atoms with Crippen molar-refractivity contribution in [3.8, 4) is 22.0 Å². The number of nitrogens with zero attached hydrogens (tertiary/aromatic N) is 4. The highest BCUT2D eigenvalue weighted by atomic mass is 32.1. The van der Waals surface area contributed by atoms with E-state index in [2.05, 4.69) is 31.7 Å². The van der Waals surface area contributed by atoms with Crippen molar-refractivity contribution in [3.05, 3.63) is 71.9 Å². The minimum Gasteiger partial charge on any atom is -0.398 e. The van der Waals surface area contributed by atoms with Crippen LogP contribution in [0.5, 0.6) is 0 Å². The lowest BCUT2D eigenvalue weighted by Crippen LogP contribution is -1.93. The SMILES string of the molecule is C=C(N)/C=N\C=C(/C)c1ccc2[nH]nc(-c3nc4c(-c5ccc(F)s5)cncc4[nH]3)c2c1. The number of aromatic amines is 2. The monoisotopic (exact) mass is 443 g/mol. The number of fused-ring (bicyclic) bond motifs is 2. The smallest absolute Gasteiger partial charge is 0.176 e. The summed E-state index contributed by atoms with van der Waals surface area (Å²) in [5, 5.41) is 8.20. The summed E-state index contributed by atoms with van der Waals surface area (Å²) in [7, 11) is 0. The zero-order valence-corrected chi connectivity index (χ0v) is 17.9. The van der Waals surface area contributed by atoms with Gasteiger partial charge in [0.25, 0.3) is 0 Å². The number of aliphatic imine (C=N–C) groups is 1. The summed E-state index contributed by atoms with van der Waals surface area (Å²) in [5.41, 5.74) is 11.7. The quantitative estimate of drug-likeness (QED) is 0.321. The number of H-pyrrole nitrogens is 2. The van der Waals surface area contributed by atoms with Crippen LogP contribution in [0, 0.1) is 5.13 Å². The molecule has 4 aromatic heterocycles. The van der Waals surface area contributed by atoms with Crippen LogP contribution in [0.2, 0.25) is 0 Å². The first-order valence-electron chi connectivity index (χ1n) is 9.72. The highest BCUT2D eigenvalue weighted by Gasteiger charge is 2.16. The molecule has 7 nitrogen and oxygen atoms in total. The summed E-state index contributed by atoms with van der Waals surface area (Å²) < 4.78 is 13.6. The Bertz CT molecular complexity index is 1540. The first kappa shape index (κ1) is 19.8. The molecule has 1 aromatic carbocycles. The van der Waals surface area contributed by atoms with Gasteiger partial charge in [0, 0.05) is 40.1 Å². The Morgan fingerprint density at radius 2 is 2.09 bits per heavy atom. The number of aromatic nitrogens is 5. The third-order valence-electron chi connectivity index (χ3n) is 4.98. The number of benzene rings is 1. The van der Waals surface area contributed by atoms with Crippen LogP contribution >= 0.6 is 11.3 Å². The fourth-order valence-electron chi connectivity index (χ4n) is 3.44. The predicted octanol–water partition coefficient (Wildman–Crippen LogP) is 5.27. The molecule has 5 aromatic rings. The van der Waals surface area contributed by atoms with Crippen molar-refractivity contribution in [1.29, 1.82) is 0 Å². The van der Waals surface area contributed by atoms with Crippen molar-refractivity contribution in [2.75, 3.05) is 0 Å². The average Bonchev–Trinajstić information content (AvgIpc) is 3.49. The average molecular weight is 444 g/mol. The molecule has 9 heteroatoms. The lowest BCUT2D eigenvalue weighted by Gasteiger charge is -2.01. The topological polar surface area (TPSA) is 109 Å². The van der Waals surface area contributed by atoms with E-state index in [-0.39, 0.29) is 5.13 Å². The van der Waals surface area contributed by atoms with E-state index in [0.717, 1.165) is 54.9 Å². The zero-order valence-electron chi connectivity index (χ0n) is 17.1. The van der Waals surface area contributed by atoms with E-state index in [4.69, 9.17) is 10.7 Å². The van der Waals surface area contributed by atoms with Crippen LogP contribution in [-0.4, -0.2) is 31.4 Å². The summed E-state index contributed by atoms with van der Waals surface area (Å²) in [6.45, 7) is 5.57. The normalized spacial score (nSPS) is 12.4. The molecule has 0 atom stereocenters. The van der Waals surface area contributed by atoms with Crippen LogP contribution in [0.4, 0.5) is 4.39 Å². The second kappa shape index (κ2) is 7.86. The van der Waals surface area contributed by atoms with Crippen LogP contribution in [0.3, 0.4) is 0 Å². The maximum atomic E-state index is 13.6. The lowest BCUT2D eigenvalue weighted by atomic mass is 10.1. The number of thiophene rings is 1. The fraction of sp³-hybridized carbons (Fsp3) is 0.0435. The van der Waals surface area contributed by atoms with Gasteiger partial charge in [0.15, 0.2) is 11.0 Å². The summed E-state index contributed by atoms with van der Waals surface area (Å²) in [4.78, 5) is 17.3. The van der Waals surface area contributed by atoms with Crippen LogP contribution in [0.1, 0.15) is 12.5 Å². The van der Waals surface area contributed by atoms with E-state index in [1.54, 1.807) is 24.7 Å². The van der Waals surface area contributed by atoms with Gasteiger partial charge in [-0.05, 0) is 42.3 Å². The first-order valence-corrected chi connectivity index (χ1v) is 10.5. The molecule has 0 radical (unpaired) electrons. The van der Waals surface area contributed by atoms with Gasteiger partial charge in [0.2, 0.25) is 0 Å². The zero-order chi connectivity index (χ0) is 22.2. The van der Waals surface area contributed by atoms with Gasteiger partial charge in [-0.2, -0.15) is 9.49 Å². The molecule has 4 heterocycles. The number of pyridine rings is 1. The van der Waals surface area contributed by atoms with Crippen molar-refractivity contribution in [1.82, 2.24) is 25.1 Å². The van der Waals surface area contributed by atoms with E-state index < -0.39 is 0 Å². The minimum atomic E-state index is -0.248. The predicted molar refractivity (Wildman–Crippen MR) is 128 cm³/mol. The Morgan fingerprint density at radius 3 is 2.88 bits per heavy atom. The number of hydrogen-bond donors (Lipinski definition) is 3. The van der Waals surface area contributed by atoms with Gasteiger partial charge in [-0.3, -0.25) is 15.1 Å². The molecule has 158 valence electrons. The molecule has 0 spiro atoms. The Morgan fingerprint density at radius 1 is 1.22 bits per heavy atom. The van der Waals surface area contributed by atoms with E-state index >= 15 is 0 Å². The maximum Gasteiger partial charge on any atom is 0.176 e. The van der Waals surface area contributed by atoms with E-state index in [0.29, 0.717) is 17.2 Å². The Balaban J connectivity index is 1.60. The number of halogens is 1. The molecular weight excluding hydrogens is 425 g/mol. The molecule has 0 fully saturated rings. The third-order valence-corrected chi connectivity index (χ3v) is 5.89. The van der Waals surface area contributed by atoms with Crippen LogP contribution in [-0.2, 0) is 0 Å². The van der Waals surface area contributed by atoms with Gasteiger partial charge in [0.1, 0.15) is 11.2 Å². The van der Waals surface area contributed by atoms with Crippen molar-refractivity contribution >= 4 is 45.1 Å². The highest BCUT2D eigenvalue weighted by molar-refractivity contribution is 7.14. The number of imidazole rings is 1.